The lowest BCUT2D eigenvalue weighted by Crippen LogP contribution is -2.52. The summed E-state index contributed by atoms with van der Waals surface area (Å²) < 4.78 is 0. The number of hydrogen-bond donors (Lipinski definition) is 1. The van der Waals surface area contributed by atoms with Gasteiger partial charge in [0.15, 0.2) is 0 Å². The van der Waals surface area contributed by atoms with Crippen LogP contribution < -0.4 is 0 Å². The summed E-state index contributed by atoms with van der Waals surface area (Å²) in [6.07, 6.45) is 2.90. The Morgan fingerprint density at radius 1 is 1.29 bits per heavy atom. The van der Waals surface area contributed by atoms with Crippen LogP contribution in [-0.4, -0.2) is 34.0 Å². The zero-order valence-electron chi connectivity index (χ0n) is 12.1. The summed E-state index contributed by atoms with van der Waals surface area (Å²) in [5.74, 6) is -1.43. The van der Waals surface area contributed by atoms with Crippen LogP contribution in [0, 0.1) is 0 Å². The van der Waals surface area contributed by atoms with Crippen molar-refractivity contribution in [2.24, 2.45) is 0 Å². The molecule has 0 spiro atoms. The van der Waals surface area contributed by atoms with E-state index in [0.717, 1.165) is 0 Å². The first kappa shape index (κ1) is 17.5. The molecule has 0 bridgehead atoms. The summed E-state index contributed by atoms with van der Waals surface area (Å²) >= 11 is 11.7. The van der Waals surface area contributed by atoms with E-state index in [1.165, 1.54) is 24.8 Å². The monoisotopic (exact) mass is 329 g/mol. The number of halogens is 2. The maximum atomic E-state index is 12.2. The SMILES string of the molecule is CCN(C(=O)C=Cc1ccc(Cl)c(Cl)c1)C(C)(C)C(=O)O. The van der Waals surface area contributed by atoms with E-state index in [1.807, 2.05) is 0 Å². The lowest BCUT2D eigenvalue weighted by Gasteiger charge is -2.33. The first-order chi connectivity index (χ1) is 9.70. The molecule has 0 aliphatic rings. The van der Waals surface area contributed by atoms with Gasteiger partial charge in [0, 0.05) is 12.6 Å². The van der Waals surface area contributed by atoms with Crippen LogP contribution in [-0.2, 0) is 9.59 Å². The fourth-order valence-electron chi connectivity index (χ4n) is 1.82. The van der Waals surface area contributed by atoms with E-state index in [4.69, 9.17) is 23.2 Å². The van der Waals surface area contributed by atoms with Crippen LogP contribution in [0.25, 0.3) is 6.08 Å². The van der Waals surface area contributed by atoms with Crippen molar-refractivity contribution >= 4 is 41.2 Å². The van der Waals surface area contributed by atoms with Crippen LogP contribution in [0.1, 0.15) is 26.3 Å². The van der Waals surface area contributed by atoms with Crippen molar-refractivity contribution in [1.82, 2.24) is 4.90 Å². The summed E-state index contributed by atoms with van der Waals surface area (Å²) in [6, 6.07) is 4.98. The van der Waals surface area contributed by atoms with Gasteiger partial charge in [0.1, 0.15) is 5.54 Å². The highest BCUT2D eigenvalue weighted by Gasteiger charge is 2.35. The van der Waals surface area contributed by atoms with E-state index in [9.17, 15) is 14.7 Å². The molecule has 0 saturated heterocycles. The Kier molecular flexibility index (Phi) is 5.81. The fourth-order valence-corrected chi connectivity index (χ4v) is 2.12. The molecule has 0 fully saturated rings. The summed E-state index contributed by atoms with van der Waals surface area (Å²) in [4.78, 5) is 24.7. The van der Waals surface area contributed by atoms with Crippen LogP contribution in [0.15, 0.2) is 24.3 Å². The molecule has 0 aliphatic carbocycles. The highest BCUT2D eigenvalue weighted by atomic mass is 35.5. The topological polar surface area (TPSA) is 57.6 Å². The van der Waals surface area contributed by atoms with E-state index in [1.54, 1.807) is 31.2 Å². The Balaban J connectivity index is 2.94. The molecule has 1 aromatic rings. The molecule has 6 heteroatoms. The third kappa shape index (κ3) is 4.22. The maximum absolute atomic E-state index is 12.2. The number of carbonyl (C=O) groups is 2. The Bertz CT molecular complexity index is 582. The standard InChI is InChI=1S/C15H17Cl2NO3/c1-4-18(15(2,3)14(20)21)13(19)8-6-10-5-7-11(16)12(17)9-10/h5-9H,4H2,1-3H3,(H,20,21). The molecule has 1 amide bonds. The molecule has 21 heavy (non-hydrogen) atoms. The minimum atomic E-state index is -1.27. The lowest BCUT2D eigenvalue weighted by molar-refractivity contribution is -0.154. The third-order valence-electron chi connectivity index (χ3n) is 3.14. The van der Waals surface area contributed by atoms with Crippen LogP contribution in [0.2, 0.25) is 10.0 Å². The normalized spacial score (nSPS) is 11.7. The Morgan fingerprint density at radius 3 is 2.38 bits per heavy atom. The van der Waals surface area contributed by atoms with Gasteiger partial charge in [0.05, 0.1) is 10.0 Å². The highest BCUT2D eigenvalue weighted by molar-refractivity contribution is 6.42. The number of nitrogens with zero attached hydrogens (tertiary/aromatic N) is 1. The average molecular weight is 330 g/mol. The molecule has 0 saturated carbocycles. The van der Waals surface area contributed by atoms with E-state index in [2.05, 4.69) is 0 Å². The molecule has 1 aromatic carbocycles. The third-order valence-corrected chi connectivity index (χ3v) is 3.88. The van der Waals surface area contributed by atoms with Crippen molar-refractivity contribution in [1.29, 1.82) is 0 Å². The number of likely N-dealkylation sites (N-methyl/N-ethyl adjacent to an activating group) is 1. The quantitative estimate of drug-likeness (QED) is 0.837. The zero-order chi connectivity index (χ0) is 16.2. The van der Waals surface area contributed by atoms with Gasteiger partial charge in [-0.05, 0) is 44.5 Å². The maximum Gasteiger partial charge on any atom is 0.329 e. The molecule has 0 aromatic heterocycles. The van der Waals surface area contributed by atoms with E-state index in [0.29, 0.717) is 22.2 Å². The first-order valence-electron chi connectivity index (χ1n) is 6.38. The van der Waals surface area contributed by atoms with Gasteiger partial charge in [0.2, 0.25) is 5.91 Å². The van der Waals surface area contributed by atoms with Crippen molar-refractivity contribution in [2.75, 3.05) is 6.54 Å². The van der Waals surface area contributed by atoms with E-state index in [-0.39, 0.29) is 5.91 Å². The highest BCUT2D eigenvalue weighted by Crippen LogP contribution is 2.23. The molecule has 0 radical (unpaired) electrons. The minimum absolute atomic E-state index is 0.295. The molecule has 0 atom stereocenters. The number of amides is 1. The number of aliphatic carboxylic acids is 1. The molecule has 1 rings (SSSR count). The molecule has 0 heterocycles. The van der Waals surface area contributed by atoms with Crippen LogP contribution in [0.5, 0.6) is 0 Å². The van der Waals surface area contributed by atoms with Gasteiger partial charge >= 0.3 is 5.97 Å². The summed E-state index contributed by atoms with van der Waals surface area (Å²) in [5.41, 5.74) is -0.560. The molecule has 0 aliphatic heterocycles. The van der Waals surface area contributed by atoms with E-state index >= 15 is 0 Å². The molecule has 114 valence electrons. The summed E-state index contributed by atoms with van der Waals surface area (Å²) in [7, 11) is 0. The smallest absolute Gasteiger partial charge is 0.329 e. The number of rotatable bonds is 5. The van der Waals surface area contributed by atoms with Crippen molar-refractivity contribution in [3.05, 3.63) is 39.9 Å². The Hall–Kier alpha value is -1.52. The van der Waals surface area contributed by atoms with Gasteiger partial charge in [0.25, 0.3) is 0 Å². The van der Waals surface area contributed by atoms with Crippen LogP contribution >= 0.6 is 23.2 Å². The fraction of sp³-hybridized carbons (Fsp3) is 0.333. The zero-order valence-corrected chi connectivity index (χ0v) is 13.6. The Morgan fingerprint density at radius 2 is 1.90 bits per heavy atom. The molecule has 0 unspecified atom stereocenters. The van der Waals surface area contributed by atoms with Crippen molar-refractivity contribution < 1.29 is 14.7 Å². The van der Waals surface area contributed by atoms with Gasteiger partial charge < -0.3 is 10.0 Å². The van der Waals surface area contributed by atoms with Crippen molar-refractivity contribution in [3.63, 3.8) is 0 Å². The number of carbonyl (C=O) groups excluding carboxylic acids is 1. The average Bonchev–Trinajstić information content (AvgIpc) is 2.40. The predicted molar refractivity (Wildman–Crippen MR) is 84.6 cm³/mol. The van der Waals surface area contributed by atoms with Crippen LogP contribution in [0.4, 0.5) is 0 Å². The van der Waals surface area contributed by atoms with Gasteiger partial charge in [-0.25, -0.2) is 4.79 Å². The number of carboxylic acids is 1. The largest absolute Gasteiger partial charge is 0.480 e. The van der Waals surface area contributed by atoms with Gasteiger partial charge in [-0.3, -0.25) is 4.79 Å². The minimum Gasteiger partial charge on any atom is -0.480 e. The molecule has 1 N–H and O–H groups in total. The molecular weight excluding hydrogens is 313 g/mol. The van der Waals surface area contributed by atoms with Gasteiger partial charge in [-0.1, -0.05) is 29.3 Å². The van der Waals surface area contributed by atoms with Crippen molar-refractivity contribution in [3.8, 4) is 0 Å². The summed E-state index contributed by atoms with van der Waals surface area (Å²) in [6.45, 7) is 5.01. The number of benzene rings is 1. The number of hydrogen-bond acceptors (Lipinski definition) is 2. The predicted octanol–water partition coefficient (Wildman–Crippen LogP) is 3.72. The second-order valence-electron chi connectivity index (χ2n) is 4.95. The number of carboxylic acid groups (broad SMARTS) is 1. The molecule has 4 nitrogen and oxygen atoms in total. The lowest BCUT2D eigenvalue weighted by atomic mass is 10.0. The van der Waals surface area contributed by atoms with Gasteiger partial charge in [-0.15, -0.1) is 0 Å². The van der Waals surface area contributed by atoms with E-state index < -0.39 is 11.5 Å². The Labute approximate surface area is 134 Å². The van der Waals surface area contributed by atoms with Gasteiger partial charge in [-0.2, -0.15) is 0 Å². The van der Waals surface area contributed by atoms with Crippen LogP contribution in [0.3, 0.4) is 0 Å². The second kappa shape index (κ2) is 6.96. The second-order valence-corrected chi connectivity index (χ2v) is 5.77. The molecular formula is C15H17Cl2NO3. The first-order valence-corrected chi connectivity index (χ1v) is 7.14. The summed E-state index contributed by atoms with van der Waals surface area (Å²) in [5, 5.41) is 10.0. The van der Waals surface area contributed by atoms with Crippen molar-refractivity contribution in [2.45, 2.75) is 26.3 Å².